The number of hydrogen-bond donors (Lipinski definition) is 2. The summed E-state index contributed by atoms with van der Waals surface area (Å²) in [7, 11) is 0. The molecular formula is C18H17ClN2O4S. The highest BCUT2D eigenvalue weighted by Crippen LogP contribution is 2.26. The average Bonchev–Trinajstić information content (AvgIpc) is 2.61. The molecule has 2 aromatic carbocycles. The van der Waals surface area contributed by atoms with Crippen LogP contribution >= 0.6 is 23.4 Å². The molecule has 0 aliphatic carbocycles. The van der Waals surface area contributed by atoms with Crippen LogP contribution in [0.25, 0.3) is 0 Å². The first kappa shape index (κ1) is 19.8. The summed E-state index contributed by atoms with van der Waals surface area (Å²) < 4.78 is 4.98. The van der Waals surface area contributed by atoms with E-state index in [1.165, 1.54) is 11.8 Å². The smallest absolute Gasteiger partial charge is 0.310 e. The van der Waals surface area contributed by atoms with Crippen molar-refractivity contribution < 1.29 is 19.1 Å². The number of halogens is 1. The summed E-state index contributed by atoms with van der Waals surface area (Å²) in [5.74, 6) is -1.34. The summed E-state index contributed by atoms with van der Waals surface area (Å²) in [6.07, 6.45) is 0.0511. The number of rotatable bonds is 8. The van der Waals surface area contributed by atoms with Gasteiger partial charge in [0, 0.05) is 9.92 Å². The second-order valence-corrected chi connectivity index (χ2v) is 6.72. The van der Waals surface area contributed by atoms with E-state index in [1.807, 2.05) is 0 Å². The van der Waals surface area contributed by atoms with Crippen LogP contribution < -0.4 is 11.1 Å². The SMILES string of the molecule is NC(=O)CSc1ccccc1NC(=O)COC(=O)Cc1ccc(Cl)cc1. The van der Waals surface area contributed by atoms with E-state index in [2.05, 4.69) is 5.32 Å². The maximum atomic E-state index is 12.0. The number of hydrogen-bond acceptors (Lipinski definition) is 5. The van der Waals surface area contributed by atoms with Crippen molar-refractivity contribution in [3.05, 3.63) is 59.1 Å². The molecule has 0 aromatic heterocycles. The Morgan fingerprint density at radius 2 is 1.77 bits per heavy atom. The van der Waals surface area contributed by atoms with Gasteiger partial charge in [0.1, 0.15) is 0 Å². The van der Waals surface area contributed by atoms with Crippen LogP contribution in [0, 0.1) is 0 Å². The number of anilines is 1. The van der Waals surface area contributed by atoms with Crippen LogP contribution in [0.5, 0.6) is 0 Å². The fraction of sp³-hybridized carbons (Fsp3) is 0.167. The standard InChI is InChI=1S/C18H17ClN2O4S/c19-13-7-5-12(6-8-13)9-18(24)25-10-17(23)21-14-3-1-2-4-15(14)26-11-16(20)22/h1-8H,9-11H2,(H2,20,22)(H,21,23). The first-order valence-corrected chi connectivity index (χ1v) is 9.00. The number of primary amides is 1. The number of amides is 2. The van der Waals surface area contributed by atoms with E-state index in [0.717, 1.165) is 5.56 Å². The van der Waals surface area contributed by atoms with Gasteiger partial charge in [-0.15, -0.1) is 11.8 Å². The Kier molecular flexibility index (Phi) is 7.50. The van der Waals surface area contributed by atoms with Crippen LogP contribution in [0.2, 0.25) is 5.02 Å². The van der Waals surface area contributed by atoms with Crippen molar-refractivity contribution in [2.24, 2.45) is 5.73 Å². The van der Waals surface area contributed by atoms with Crippen molar-refractivity contribution in [3.63, 3.8) is 0 Å². The molecule has 0 atom stereocenters. The number of thioether (sulfide) groups is 1. The second kappa shape index (κ2) is 9.84. The zero-order valence-corrected chi connectivity index (χ0v) is 15.3. The molecule has 0 fully saturated rings. The molecule has 0 saturated carbocycles. The number of nitrogens with two attached hydrogens (primary N) is 1. The third-order valence-corrected chi connectivity index (χ3v) is 4.50. The minimum atomic E-state index is -0.515. The van der Waals surface area contributed by atoms with Crippen molar-refractivity contribution in [3.8, 4) is 0 Å². The Labute approximate surface area is 160 Å². The Hall–Kier alpha value is -2.51. The second-order valence-electron chi connectivity index (χ2n) is 5.26. The first-order valence-electron chi connectivity index (χ1n) is 7.64. The number of ether oxygens (including phenoxy) is 1. The Morgan fingerprint density at radius 1 is 1.08 bits per heavy atom. The van der Waals surface area contributed by atoms with Crippen LogP contribution in [0.4, 0.5) is 5.69 Å². The molecule has 2 aromatic rings. The van der Waals surface area contributed by atoms with Crippen molar-refractivity contribution in [2.45, 2.75) is 11.3 Å². The van der Waals surface area contributed by atoms with Gasteiger partial charge in [-0.1, -0.05) is 35.9 Å². The van der Waals surface area contributed by atoms with Crippen molar-refractivity contribution in [1.82, 2.24) is 0 Å². The van der Waals surface area contributed by atoms with Gasteiger partial charge in [-0.05, 0) is 29.8 Å². The number of para-hydroxylation sites is 1. The minimum absolute atomic E-state index is 0.0511. The van der Waals surface area contributed by atoms with Gasteiger partial charge in [0.15, 0.2) is 6.61 Å². The van der Waals surface area contributed by atoms with Crippen molar-refractivity contribution >= 4 is 46.8 Å². The molecule has 0 aliphatic heterocycles. The zero-order valence-electron chi connectivity index (χ0n) is 13.7. The predicted octanol–water partition coefficient (Wildman–Crippen LogP) is 2.64. The van der Waals surface area contributed by atoms with Crippen molar-refractivity contribution in [1.29, 1.82) is 0 Å². The van der Waals surface area contributed by atoms with Gasteiger partial charge in [0.2, 0.25) is 5.91 Å². The van der Waals surface area contributed by atoms with Gasteiger partial charge in [-0.25, -0.2) is 0 Å². The lowest BCUT2D eigenvalue weighted by molar-refractivity contribution is -0.146. The number of carbonyl (C=O) groups is 3. The quantitative estimate of drug-likeness (QED) is 0.531. The van der Waals surface area contributed by atoms with E-state index >= 15 is 0 Å². The highest BCUT2D eigenvalue weighted by atomic mass is 35.5. The third kappa shape index (κ3) is 6.78. The van der Waals surface area contributed by atoms with Crippen LogP contribution in [-0.2, 0) is 25.5 Å². The molecular weight excluding hydrogens is 376 g/mol. The summed E-state index contributed by atoms with van der Waals surface area (Å²) in [4.78, 5) is 35.4. The largest absolute Gasteiger partial charge is 0.455 e. The Bertz CT molecular complexity index is 796. The van der Waals surface area contributed by atoms with E-state index < -0.39 is 24.4 Å². The van der Waals surface area contributed by atoms with Gasteiger partial charge < -0.3 is 15.8 Å². The maximum Gasteiger partial charge on any atom is 0.310 e. The fourth-order valence-electron chi connectivity index (χ4n) is 2.00. The summed E-state index contributed by atoms with van der Waals surface area (Å²) >= 11 is 7.00. The highest BCUT2D eigenvalue weighted by Gasteiger charge is 2.11. The molecule has 0 radical (unpaired) electrons. The molecule has 0 unspecified atom stereocenters. The number of esters is 1. The van der Waals surface area contributed by atoms with Gasteiger partial charge in [0.05, 0.1) is 17.9 Å². The first-order chi connectivity index (χ1) is 12.4. The number of nitrogens with one attached hydrogen (secondary N) is 1. The van der Waals surface area contributed by atoms with Crippen LogP contribution in [0.1, 0.15) is 5.56 Å². The van der Waals surface area contributed by atoms with E-state index in [0.29, 0.717) is 15.6 Å². The molecule has 0 bridgehead atoms. The highest BCUT2D eigenvalue weighted by molar-refractivity contribution is 8.00. The molecule has 0 saturated heterocycles. The lowest BCUT2D eigenvalue weighted by atomic mass is 10.1. The summed E-state index contributed by atoms with van der Waals surface area (Å²) in [6, 6.07) is 13.8. The molecule has 2 rings (SSSR count). The average molecular weight is 393 g/mol. The minimum Gasteiger partial charge on any atom is -0.455 e. The third-order valence-electron chi connectivity index (χ3n) is 3.16. The molecule has 136 valence electrons. The summed E-state index contributed by atoms with van der Waals surface area (Å²) in [5.41, 5.74) is 6.40. The molecule has 2 amide bonds. The van der Waals surface area contributed by atoms with E-state index in [1.54, 1.807) is 48.5 Å². The van der Waals surface area contributed by atoms with E-state index in [-0.39, 0.29) is 12.2 Å². The number of carbonyl (C=O) groups excluding carboxylic acids is 3. The molecule has 26 heavy (non-hydrogen) atoms. The fourth-order valence-corrected chi connectivity index (χ4v) is 2.87. The normalized spacial score (nSPS) is 10.2. The predicted molar refractivity (Wildman–Crippen MR) is 101 cm³/mol. The summed E-state index contributed by atoms with van der Waals surface area (Å²) in [5, 5.41) is 3.23. The van der Waals surface area contributed by atoms with Crippen LogP contribution in [0.3, 0.4) is 0 Å². The van der Waals surface area contributed by atoms with Gasteiger partial charge in [-0.2, -0.15) is 0 Å². The van der Waals surface area contributed by atoms with E-state index in [4.69, 9.17) is 22.1 Å². The Morgan fingerprint density at radius 3 is 2.46 bits per heavy atom. The molecule has 0 aliphatic rings. The Balaban J connectivity index is 1.84. The van der Waals surface area contributed by atoms with Gasteiger partial charge in [0.25, 0.3) is 5.91 Å². The maximum absolute atomic E-state index is 12.0. The molecule has 6 nitrogen and oxygen atoms in total. The molecule has 0 spiro atoms. The molecule has 8 heteroatoms. The monoisotopic (exact) mass is 392 g/mol. The zero-order chi connectivity index (χ0) is 18.9. The van der Waals surface area contributed by atoms with Crippen LogP contribution in [0.15, 0.2) is 53.4 Å². The lowest BCUT2D eigenvalue weighted by Gasteiger charge is -2.10. The van der Waals surface area contributed by atoms with Crippen molar-refractivity contribution in [2.75, 3.05) is 17.7 Å². The van der Waals surface area contributed by atoms with Gasteiger partial charge in [-0.3, -0.25) is 14.4 Å². The molecule has 3 N–H and O–H groups in total. The van der Waals surface area contributed by atoms with Crippen LogP contribution in [-0.4, -0.2) is 30.1 Å². The summed E-state index contributed by atoms with van der Waals surface area (Å²) in [6.45, 7) is -0.402. The lowest BCUT2D eigenvalue weighted by Crippen LogP contribution is -2.22. The topological polar surface area (TPSA) is 98.5 Å². The number of benzene rings is 2. The molecule has 0 heterocycles. The van der Waals surface area contributed by atoms with E-state index in [9.17, 15) is 14.4 Å². The van der Waals surface area contributed by atoms with Gasteiger partial charge >= 0.3 is 5.97 Å².